The van der Waals surface area contributed by atoms with E-state index in [1.165, 1.54) is 37.6 Å². The average Bonchev–Trinajstić information content (AvgIpc) is 2.44. The van der Waals surface area contributed by atoms with Crippen molar-refractivity contribution in [3.05, 3.63) is 46.9 Å². The van der Waals surface area contributed by atoms with Crippen LogP contribution in [0, 0.1) is 5.82 Å². The molecule has 0 saturated heterocycles. The van der Waals surface area contributed by atoms with Crippen molar-refractivity contribution in [2.75, 3.05) is 12.8 Å². The molecule has 0 aliphatic rings. The molecule has 1 aromatic heterocycles. The van der Waals surface area contributed by atoms with E-state index in [0.717, 1.165) is 0 Å². The molecule has 5 nitrogen and oxygen atoms in total. The van der Waals surface area contributed by atoms with E-state index in [9.17, 15) is 9.18 Å². The highest BCUT2D eigenvalue weighted by molar-refractivity contribution is 6.30. The second-order valence-corrected chi connectivity index (χ2v) is 4.17. The minimum absolute atomic E-state index is 0.00752. The molecule has 0 fully saturated rings. The first-order chi connectivity index (χ1) is 9.52. The van der Waals surface area contributed by atoms with Crippen molar-refractivity contribution < 1.29 is 18.7 Å². The Bertz CT molecular complexity index is 664. The number of nitrogen functional groups attached to an aromatic ring is 1. The standard InChI is InChI=1S/C13H10ClFN2O3/c1-19-13(18)8-5-7(16)6-17-12(8)20-10-4-2-3-9(14)11(10)15/h2-6H,16H2,1H3. The van der Waals surface area contributed by atoms with Crippen molar-refractivity contribution in [2.24, 2.45) is 0 Å². The van der Waals surface area contributed by atoms with E-state index in [0.29, 0.717) is 0 Å². The fraction of sp³-hybridized carbons (Fsp3) is 0.0769. The van der Waals surface area contributed by atoms with Gasteiger partial charge in [-0.2, -0.15) is 0 Å². The van der Waals surface area contributed by atoms with Crippen LogP contribution in [0.3, 0.4) is 0 Å². The van der Waals surface area contributed by atoms with E-state index in [2.05, 4.69) is 9.72 Å². The maximum Gasteiger partial charge on any atom is 0.343 e. The van der Waals surface area contributed by atoms with Crippen molar-refractivity contribution in [3.63, 3.8) is 0 Å². The molecule has 104 valence electrons. The molecule has 1 aromatic carbocycles. The van der Waals surface area contributed by atoms with Gasteiger partial charge in [-0.1, -0.05) is 17.7 Å². The summed E-state index contributed by atoms with van der Waals surface area (Å²) in [6.07, 6.45) is 1.28. The Kier molecular flexibility index (Phi) is 4.05. The average molecular weight is 297 g/mol. The van der Waals surface area contributed by atoms with Crippen LogP contribution in [-0.2, 0) is 4.74 Å². The third-order valence-electron chi connectivity index (χ3n) is 2.40. The molecule has 0 bridgehead atoms. The first-order valence-corrected chi connectivity index (χ1v) is 5.86. The van der Waals surface area contributed by atoms with Gasteiger partial charge in [0.05, 0.1) is 24.0 Å². The van der Waals surface area contributed by atoms with Gasteiger partial charge in [-0.25, -0.2) is 14.2 Å². The molecule has 0 aliphatic heterocycles. The van der Waals surface area contributed by atoms with E-state index in [4.69, 9.17) is 22.1 Å². The number of rotatable bonds is 3. The van der Waals surface area contributed by atoms with Crippen LogP contribution in [0.2, 0.25) is 5.02 Å². The second-order valence-electron chi connectivity index (χ2n) is 3.77. The maximum absolute atomic E-state index is 13.8. The van der Waals surface area contributed by atoms with Crippen LogP contribution < -0.4 is 10.5 Å². The maximum atomic E-state index is 13.8. The number of halogens is 2. The van der Waals surface area contributed by atoms with Crippen LogP contribution >= 0.6 is 11.6 Å². The minimum Gasteiger partial charge on any atom is -0.465 e. The van der Waals surface area contributed by atoms with Gasteiger partial charge in [-0.15, -0.1) is 0 Å². The number of ether oxygens (including phenoxy) is 2. The molecule has 0 unspecified atom stereocenters. The molecule has 0 radical (unpaired) electrons. The Morgan fingerprint density at radius 3 is 2.90 bits per heavy atom. The highest BCUT2D eigenvalue weighted by Crippen LogP contribution is 2.30. The van der Waals surface area contributed by atoms with Gasteiger partial charge in [0, 0.05) is 0 Å². The van der Waals surface area contributed by atoms with E-state index >= 15 is 0 Å². The largest absolute Gasteiger partial charge is 0.465 e. The smallest absolute Gasteiger partial charge is 0.343 e. The van der Waals surface area contributed by atoms with Gasteiger partial charge in [-0.05, 0) is 18.2 Å². The molecule has 2 aromatic rings. The summed E-state index contributed by atoms with van der Waals surface area (Å²) in [4.78, 5) is 15.5. The fourth-order valence-corrected chi connectivity index (χ4v) is 1.64. The van der Waals surface area contributed by atoms with Crippen molar-refractivity contribution >= 4 is 23.3 Å². The summed E-state index contributed by atoms with van der Waals surface area (Å²) in [7, 11) is 1.20. The van der Waals surface area contributed by atoms with E-state index in [1.54, 1.807) is 0 Å². The lowest BCUT2D eigenvalue weighted by Gasteiger charge is -2.10. The second kappa shape index (κ2) is 5.75. The number of carbonyl (C=O) groups excluding carboxylic acids is 1. The fourth-order valence-electron chi connectivity index (χ4n) is 1.47. The van der Waals surface area contributed by atoms with Crippen LogP contribution in [-0.4, -0.2) is 18.1 Å². The molecule has 2 N–H and O–H groups in total. The summed E-state index contributed by atoms with van der Waals surface area (Å²) < 4.78 is 23.6. The van der Waals surface area contributed by atoms with E-state index in [-0.39, 0.29) is 27.9 Å². The van der Waals surface area contributed by atoms with Crippen LogP contribution in [0.5, 0.6) is 11.6 Å². The number of aromatic nitrogens is 1. The predicted octanol–water partition coefficient (Wildman–Crippen LogP) is 3.04. The summed E-state index contributed by atoms with van der Waals surface area (Å²) in [6.45, 7) is 0. The highest BCUT2D eigenvalue weighted by Gasteiger charge is 2.18. The monoisotopic (exact) mass is 296 g/mol. The summed E-state index contributed by atoms with van der Waals surface area (Å²) in [6, 6.07) is 5.58. The molecule has 0 aliphatic carbocycles. The van der Waals surface area contributed by atoms with Crippen LogP contribution in [0.1, 0.15) is 10.4 Å². The van der Waals surface area contributed by atoms with Crippen molar-refractivity contribution in [3.8, 4) is 11.6 Å². The van der Waals surface area contributed by atoms with Crippen LogP contribution in [0.15, 0.2) is 30.5 Å². The first kappa shape index (κ1) is 14.1. The number of pyridine rings is 1. The number of esters is 1. The molecule has 0 amide bonds. The molecular formula is C13H10ClFN2O3. The normalized spacial score (nSPS) is 10.2. The van der Waals surface area contributed by atoms with Gasteiger partial charge in [0.15, 0.2) is 11.6 Å². The quantitative estimate of drug-likeness (QED) is 0.881. The number of nitrogens with zero attached hydrogens (tertiary/aromatic N) is 1. The molecule has 2 rings (SSSR count). The number of carbonyl (C=O) groups is 1. The molecule has 0 atom stereocenters. The van der Waals surface area contributed by atoms with E-state index in [1.807, 2.05) is 0 Å². The Hall–Kier alpha value is -2.34. The van der Waals surface area contributed by atoms with Gasteiger partial charge < -0.3 is 15.2 Å². The minimum atomic E-state index is -0.747. The zero-order valence-corrected chi connectivity index (χ0v) is 11.1. The Morgan fingerprint density at radius 1 is 1.45 bits per heavy atom. The Morgan fingerprint density at radius 2 is 2.20 bits per heavy atom. The lowest BCUT2D eigenvalue weighted by Crippen LogP contribution is -2.06. The third-order valence-corrected chi connectivity index (χ3v) is 2.69. The highest BCUT2D eigenvalue weighted by atomic mass is 35.5. The zero-order chi connectivity index (χ0) is 14.7. The van der Waals surface area contributed by atoms with Gasteiger partial charge >= 0.3 is 5.97 Å². The van der Waals surface area contributed by atoms with Gasteiger partial charge in [0.25, 0.3) is 0 Å². The van der Waals surface area contributed by atoms with Gasteiger partial charge in [0.1, 0.15) is 5.56 Å². The van der Waals surface area contributed by atoms with Gasteiger partial charge in [0.2, 0.25) is 5.88 Å². The molecular weight excluding hydrogens is 287 g/mol. The molecule has 1 heterocycles. The van der Waals surface area contributed by atoms with Crippen molar-refractivity contribution in [2.45, 2.75) is 0 Å². The third kappa shape index (κ3) is 2.80. The molecule has 7 heteroatoms. The van der Waals surface area contributed by atoms with Gasteiger partial charge in [-0.3, -0.25) is 0 Å². The molecule has 0 saturated carbocycles. The lowest BCUT2D eigenvalue weighted by molar-refractivity contribution is 0.0597. The predicted molar refractivity (Wildman–Crippen MR) is 71.5 cm³/mol. The summed E-state index contributed by atoms with van der Waals surface area (Å²) in [5.41, 5.74) is 5.79. The molecule has 20 heavy (non-hydrogen) atoms. The number of hydrogen-bond acceptors (Lipinski definition) is 5. The lowest BCUT2D eigenvalue weighted by atomic mass is 10.2. The summed E-state index contributed by atoms with van der Waals surface area (Å²) in [5.74, 6) is -1.71. The number of methoxy groups -OCH3 is 1. The number of anilines is 1. The topological polar surface area (TPSA) is 74.4 Å². The summed E-state index contributed by atoms with van der Waals surface area (Å²) >= 11 is 5.65. The van der Waals surface area contributed by atoms with E-state index < -0.39 is 11.8 Å². The first-order valence-electron chi connectivity index (χ1n) is 5.48. The number of nitrogens with two attached hydrogens (primary N) is 1. The van der Waals surface area contributed by atoms with Crippen LogP contribution in [0.4, 0.5) is 10.1 Å². The SMILES string of the molecule is COC(=O)c1cc(N)cnc1Oc1cccc(Cl)c1F. The van der Waals surface area contributed by atoms with Crippen molar-refractivity contribution in [1.82, 2.24) is 4.98 Å². The summed E-state index contributed by atoms with van der Waals surface area (Å²) in [5, 5.41) is -0.0995. The number of benzene rings is 1. The molecule has 0 spiro atoms. The van der Waals surface area contributed by atoms with Crippen LogP contribution in [0.25, 0.3) is 0 Å². The Labute approximate surface area is 119 Å². The van der Waals surface area contributed by atoms with Crippen molar-refractivity contribution in [1.29, 1.82) is 0 Å². The number of hydrogen-bond donors (Lipinski definition) is 1. The zero-order valence-electron chi connectivity index (χ0n) is 10.4. The Balaban J connectivity index is 2.43.